The number of fused-ring (bicyclic) bond motifs is 2. The number of aliphatic hydroxyl groups excluding tert-OH is 2. The Balaban J connectivity index is 1.21. The van der Waals surface area contributed by atoms with Gasteiger partial charge in [-0.1, -0.05) is 83.9 Å². The third-order valence-corrected chi connectivity index (χ3v) is 11.5. The minimum absolute atomic E-state index is 0.299. The molecule has 314 valence electrons. The Kier molecular flexibility index (Phi) is 14.2. The summed E-state index contributed by atoms with van der Waals surface area (Å²) in [4.78, 5) is 27.8. The molecule has 60 heavy (non-hydrogen) atoms. The van der Waals surface area contributed by atoms with Gasteiger partial charge in [-0.3, -0.25) is 10.6 Å². The second kappa shape index (κ2) is 19.5. The van der Waals surface area contributed by atoms with Gasteiger partial charge in [0.25, 0.3) is 0 Å². The summed E-state index contributed by atoms with van der Waals surface area (Å²) in [6, 6.07) is 39.2. The first-order valence-electron chi connectivity index (χ1n) is 20.4. The summed E-state index contributed by atoms with van der Waals surface area (Å²) in [5.74, 6) is -1.18. The molecule has 10 nitrogen and oxygen atoms in total. The molecule has 0 spiro atoms. The highest BCUT2D eigenvalue weighted by molar-refractivity contribution is 5.87. The van der Waals surface area contributed by atoms with E-state index in [0.717, 1.165) is 32.7 Å². The number of ether oxygens (including phenoxy) is 4. The average Bonchev–Trinajstić information content (AvgIpc) is 3.27. The molecular weight excluding hydrogens is 757 g/mol. The lowest BCUT2D eigenvalue weighted by Gasteiger charge is -2.36. The summed E-state index contributed by atoms with van der Waals surface area (Å²) in [7, 11) is 6.44. The van der Waals surface area contributed by atoms with Crippen molar-refractivity contribution in [1.29, 1.82) is 0 Å². The number of carbonyl (C=O) groups excluding carboxylic acids is 2. The highest BCUT2D eigenvalue weighted by Gasteiger charge is 2.43. The highest BCUT2D eigenvalue weighted by Crippen LogP contribution is 2.34. The molecule has 0 aliphatic carbocycles. The summed E-state index contributed by atoms with van der Waals surface area (Å²) in [5.41, 5.74) is 2.95. The molecule has 0 saturated heterocycles. The van der Waals surface area contributed by atoms with Crippen molar-refractivity contribution >= 4 is 33.5 Å². The fourth-order valence-corrected chi connectivity index (χ4v) is 8.02. The van der Waals surface area contributed by atoms with E-state index in [0.29, 0.717) is 61.2 Å². The SMILES string of the molecule is CNC(CCCc1cccc2cc(C)ccc12)(OC(=O)C(O)C(O)C(=O)OC(CCCc1cccc2cc(C)ccc12)(NC)c1ccc(OC)cc1)c1ccc(OC)cc1. The van der Waals surface area contributed by atoms with Crippen molar-refractivity contribution in [1.82, 2.24) is 10.6 Å². The third kappa shape index (κ3) is 9.80. The summed E-state index contributed by atoms with van der Waals surface area (Å²) >= 11 is 0. The van der Waals surface area contributed by atoms with Crippen LogP contribution in [-0.2, 0) is 43.4 Å². The Morgan fingerprint density at radius 1 is 0.567 bits per heavy atom. The van der Waals surface area contributed by atoms with Crippen molar-refractivity contribution in [2.75, 3.05) is 28.3 Å². The number of methoxy groups -OCH3 is 2. The smallest absolute Gasteiger partial charge is 0.340 e. The van der Waals surface area contributed by atoms with Crippen LogP contribution in [0.25, 0.3) is 21.5 Å². The van der Waals surface area contributed by atoms with Crippen LogP contribution in [0, 0.1) is 13.8 Å². The van der Waals surface area contributed by atoms with Gasteiger partial charge in [0, 0.05) is 24.0 Å². The van der Waals surface area contributed by atoms with Crippen LogP contribution in [0.15, 0.2) is 121 Å². The minimum Gasteiger partial charge on any atom is -0.497 e. The minimum atomic E-state index is -2.27. The fourth-order valence-electron chi connectivity index (χ4n) is 8.02. The summed E-state index contributed by atoms with van der Waals surface area (Å²) in [6.45, 7) is 4.13. The van der Waals surface area contributed by atoms with Crippen LogP contribution in [-0.4, -0.2) is 62.7 Å². The normalized spacial score (nSPS) is 14.5. The van der Waals surface area contributed by atoms with Crippen molar-refractivity contribution in [3.63, 3.8) is 0 Å². The molecule has 4 N–H and O–H groups in total. The molecule has 0 saturated carbocycles. The number of esters is 2. The van der Waals surface area contributed by atoms with Gasteiger partial charge in [-0.2, -0.15) is 0 Å². The van der Waals surface area contributed by atoms with Crippen molar-refractivity contribution in [2.24, 2.45) is 0 Å². The molecular formula is C50H56N2O8. The second-order valence-electron chi connectivity index (χ2n) is 15.3. The zero-order chi connectivity index (χ0) is 42.9. The number of aryl methyl sites for hydroxylation is 4. The molecule has 6 aromatic rings. The van der Waals surface area contributed by atoms with Gasteiger partial charge in [0.05, 0.1) is 14.2 Å². The predicted molar refractivity (Wildman–Crippen MR) is 235 cm³/mol. The van der Waals surface area contributed by atoms with E-state index in [1.165, 1.54) is 11.1 Å². The monoisotopic (exact) mass is 812 g/mol. The van der Waals surface area contributed by atoms with Crippen LogP contribution in [0.4, 0.5) is 0 Å². The van der Waals surface area contributed by atoms with E-state index in [1.807, 2.05) is 12.1 Å². The molecule has 10 heteroatoms. The number of aliphatic hydroxyl groups is 2. The first-order chi connectivity index (χ1) is 28.9. The van der Waals surface area contributed by atoms with Crippen molar-refractivity contribution < 1.29 is 38.7 Å². The lowest BCUT2D eigenvalue weighted by atomic mass is 9.93. The summed E-state index contributed by atoms with van der Waals surface area (Å²) in [6.07, 6.45) is -1.43. The molecule has 0 radical (unpaired) electrons. The molecule has 0 aliphatic rings. The lowest BCUT2D eigenvalue weighted by molar-refractivity contribution is -0.196. The zero-order valence-electron chi connectivity index (χ0n) is 35.3. The molecule has 0 fully saturated rings. The standard InChI is InChI=1S/C50H56N2O8/c1-33-17-27-43-35(11-7-13-37(43)31-33)15-9-29-49(51-3,39-19-23-41(57-5)24-20-39)59-47(55)45(53)46(54)48(56)60-50(52-4,40-21-25-42(58-6)26-22-40)30-10-16-36-12-8-14-38-32-34(2)18-28-44(36)38/h7-8,11-14,17-28,31-32,45-46,51-54H,9-10,15-16,29-30H2,1-6H3. The number of benzene rings is 6. The second-order valence-corrected chi connectivity index (χ2v) is 15.3. The quantitative estimate of drug-likeness (QED) is 0.0472. The van der Waals surface area contributed by atoms with E-state index >= 15 is 0 Å². The van der Waals surface area contributed by atoms with Crippen molar-refractivity contribution in [2.45, 2.75) is 76.0 Å². The zero-order valence-corrected chi connectivity index (χ0v) is 35.3. The third-order valence-electron chi connectivity index (χ3n) is 11.5. The van der Waals surface area contributed by atoms with E-state index in [-0.39, 0.29) is 0 Å². The molecule has 6 rings (SSSR count). The Labute approximate surface area is 352 Å². The van der Waals surface area contributed by atoms with Gasteiger partial charge >= 0.3 is 11.9 Å². The number of nitrogens with one attached hydrogen (secondary N) is 2. The van der Waals surface area contributed by atoms with E-state index < -0.39 is 35.6 Å². The predicted octanol–water partition coefficient (Wildman–Crippen LogP) is 7.93. The van der Waals surface area contributed by atoms with E-state index in [1.54, 1.807) is 76.8 Å². The number of hydrogen-bond donors (Lipinski definition) is 4. The van der Waals surface area contributed by atoms with Crippen LogP contribution >= 0.6 is 0 Å². The number of rotatable bonds is 19. The van der Waals surface area contributed by atoms with Crippen LogP contribution < -0.4 is 20.1 Å². The first-order valence-corrected chi connectivity index (χ1v) is 20.4. The maximum Gasteiger partial charge on any atom is 0.340 e. The van der Waals surface area contributed by atoms with Gasteiger partial charge in [0.2, 0.25) is 0 Å². The van der Waals surface area contributed by atoms with E-state index in [2.05, 4.69) is 85.1 Å². The Hall–Kier alpha value is -5.78. The van der Waals surface area contributed by atoms with Gasteiger partial charge in [0.15, 0.2) is 23.7 Å². The molecule has 4 atom stereocenters. The molecule has 0 heterocycles. The van der Waals surface area contributed by atoms with Crippen LogP contribution in [0.5, 0.6) is 11.5 Å². The van der Waals surface area contributed by atoms with Crippen LogP contribution in [0.2, 0.25) is 0 Å². The molecule has 0 aliphatic heterocycles. The molecule has 0 bridgehead atoms. The Morgan fingerprint density at radius 2 is 0.950 bits per heavy atom. The Morgan fingerprint density at radius 3 is 1.30 bits per heavy atom. The maximum absolute atomic E-state index is 13.9. The van der Waals surface area contributed by atoms with Crippen molar-refractivity contribution in [3.05, 3.63) is 155 Å². The largest absolute Gasteiger partial charge is 0.497 e. The molecule has 0 aromatic heterocycles. The summed E-state index contributed by atoms with van der Waals surface area (Å²) in [5, 5.41) is 33.6. The fraction of sp³-hybridized carbons (Fsp3) is 0.320. The molecule has 4 unspecified atom stereocenters. The number of carbonyl (C=O) groups is 2. The molecule has 0 amide bonds. The topological polar surface area (TPSA) is 136 Å². The molecule has 6 aromatic carbocycles. The number of hydrogen-bond acceptors (Lipinski definition) is 10. The van der Waals surface area contributed by atoms with Crippen molar-refractivity contribution in [3.8, 4) is 11.5 Å². The van der Waals surface area contributed by atoms with E-state index in [4.69, 9.17) is 18.9 Å². The van der Waals surface area contributed by atoms with Gasteiger partial charge in [0.1, 0.15) is 11.5 Å². The highest BCUT2D eigenvalue weighted by atomic mass is 16.6. The van der Waals surface area contributed by atoms with Crippen LogP contribution in [0.3, 0.4) is 0 Å². The maximum atomic E-state index is 13.9. The summed E-state index contributed by atoms with van der Waals surface area (Å²) < 4.78 is 23.0. The lowest BCUT2D eigenvalue weighted by Crippen LogP contribution is -2.52. The van der Waals surface area contributed by atoms with Gasteiger partial charge in [-0.25, -0.2) is 9.59 Å². The van der Waals surface area contributed by atoms with E-state index in [9.17, 15) is 19.8 Å². The van der Waals surface area contributed by atoms with Gasteiger partial charge in [-0.15, -0.1) is 0 Å². The Bertz CT molecular complexity index is 2230. The van der Waals surface area contributed by atoms with Gasteiger partial charge < -0.3 is 29.2 Å². The van der Waals surface area contributed by atoms with Crippen LogP contribution in [0.1, 0.15) is 59.1 Å². The average molecular weight is 813 g/mol. The van der Waals surface area contributed by atoms with Gasteiger partial charge in [-0.05, 0) is 135 Å². The first kappa shape index (κ1) is 43.8.